The van der Waals surface area contributed by atoms with Crippen LogP contribution >= 0.6 is 27.5 Å². The van der Waals surface area contributed by atoms with Crippen LogP contribution in [-0.4, -0.2) is 16.1 Å². The minimum atomic E-state index is -1.08. The standard InChI is InChI=1S/C12H7BrClNO3/c13-8-1-3-9(4-2-8)18-11-6-7(12(16)17)5-10(14)15-11/h1-6H,(H,16,17). The van der Waals surface area contributed by atoms with Crippen LogP contribution in [0.5, 0.6) is 11.6 Å². The van der Waals surface area contributed by atoms with E-state index in [1.807, 2.05) is 0 Å². The minimum absolute atomic E-state index is 0.0297. The van der Waals surface area contributed by atoms with Crippen molar-refractivity contribution in [1.82, 2.24) is 4.98 Å². The molecule has 2 aromatic rings. The number of ether oxygens (including phenoxy) is 1. The lowest BCUT2D eigenvalue weighted by molar-refractivity contribution is 0.0696. The molecule has 0 saturated heterocycles. The van der Waals surface area contributed by atoms with E-state index in [1.54, 1.807) is 24.3 Å². The highest BCUT2D eigenvalue weighted by molar-refractivity contribution is 9.10. The Morgan fingerprint density at radius 2 is 1.94 bits per heavy atom. The molecule has 0 aliphatic heterocycles. The summed E-state index contributed by atoms with van der Waals surface area (Å²) in [6, 6.07) is 9.64. The van der Waals surface area contributed by atoms with E-state index in [4.69, 9.17) is 21.4 Å². The van der Waals surface area contributed by atoms with Crippen LogP contribution in [-0.2, 0) is 0 Å². The molecule has 0 atom stereocenters. The van der Waals surface area contributed by atoms with E-state index < -0.39 is 5.97 Å². The van der Waals surface area contributed by atoms with E-state index in [2.05, 4.69) is 20.9 Å². The lowest BCUT2D eigenvalue weighted by Crippen LogP contribution is -1.98. The molecule has 1 aromatic heterocycles. The van der Waals surface area contributed by atoms with Gasteiger partial charge in [0.15, 0.2) is 0 Å². The molecule has 1 aromatic carbocycles. The number of hydrogen-bond donors (Lipinski definition) is 1. The van der Waals surface area contributed by atoms with Gasteiger partial charge in [-0.1, -0.05) is 27.5 Å². The lowest BCUT2D eigenvalue weighted by atomic mass is 10.3. The SMILES string of the molecule is O=C(O)c1cc(Cl)nc(Oc2ccc(Br)cc2)c1. The van der Waals surface area contributed by atoms with Crippen LogP contribution in [0, 0.1) is 0 Å². The van der Waals surface area contributed by atoms with Gasteiger partial charge in [-0.3, -0.25) is 0 Å². The van der Waals surface area contributed by atoms with Gasteiger partial charge in [-0.05, 0) is 30.3 Å². The van der Waals surface area contributed by atoms with E-state index in [9.17, 15) is 4.79 Å². The Balaban J connectivity index is 2.28. The molecule has 2 rings (SSSR count). The Hall–Kier alpha value is -1.59. The van der Waals surface area contributed by atoms with Crippen LogP contribution in [0.4, 0.5) is 0 Å². The number of benzene rings is 1. The van der Waals surface area contributed by atoms with E-state index in [-0.39, 0.29) is 16.6 Å². The highest BCUT2D eigenvalue weighted by Crippen LogP contribution is 2.24. The predicted octanol–water partition coefficient (Wildman–Crippen LogP) is 3.99. The largest absolute Gasteiger partial charge is 0.478 e. The average Bonchev–Trinajstić information content (AvgIpc) is 2.31. The summed E-state index contributed by atoms with van der Waals surface area (Å²) < 4.78 is 6.34. The number of rotatable bonds is 3. The maximum atomic E-state index is 10.9. The number of hydrogen-bond acceptors (Lipinski definition) is 3. The highest BCUT2D eigenvalue weighted by atomic mass is 79.9. The van der Waals surface area contributed by atoms with Crippen molar-refractivity contribution >= 4 is 33.5 Å². The first-order chi connectivity index (χ1) is 8.54. The molecular weight excluding hydrogens is 321 g/mol. The van der Waals surface area contributed by atoms with E-state index >= 15 is 0 Å². The zero-order valence-electron chi connectivity index (χ0n) is 8.93. The Kier molecular flexibility index (Phi) is 3.84. The van der Waals surface area contributed by atoms with Crippen molar-refractivity contribution in [2.45, 2.75) is 0 Å². The van der Waals surface area contributed by atoms with Crippen LogP contribution in [0.2, 0.25) is 5.15 Å². The van der Waals surface area contributed by atoms with Crippen molar-refractivity contribution in [2.75, 3.05) is 0 Å². The third kappa shape index (κ3) is 3.21. The summed E-state index contributed by atoms with van der Waals surface area (Å²) in [5, 5.41) is 8.96. The molecule has 0 radical (unpaired) electrons. The summed E-state index contributed by atoms with van der Waals surface area (Å²) in [6.07, 6.45) is 0. The van der Waals surface area contributed by atoms with E-state index in [0.29, 0.717) is 5.75 Å². The molecule has 0 aliphatic rings. The number of carbonyl (C=O) groups is 1. The predicted molar refractivity (Wildman–Crippen MR) is 70.4 cm³/mol. The molecule has 0 fully saturated rings. The number of halogens is 2. The van der Waals surface area contributed by atoms with Gasteiger partial charge in [-0.15, -0.1) is 0 Å². The zero-order chi connectivity index (χ0) is 13.1. The maximum Gasteiger partial charge on any atom is 0.335 e. The number of nitrogens with zero attached hydrogens (tertiary/aromatic N) is 1. The Labute approximate surface area is 116 Å². The molecule has 92 valence electrons. The third-order valence-electron chi connectivity index (χ3n) is 2.05. The lowest BCUT2D eigenvalue weighted by Gasteiger charge is -2.06. The number of aromatic nitrogens is 1. The summed E-state index contributed by atoms with van der Waals surface area (Å²) in [5.74, 6) is -0.397. The number of aromatic carboxylic acids is 1. The van der Waals surface area contributed by atoms with Gasteiger partial charge in [0.1, 0.15) is 10.9 Å². The number of pyridine rings is 1. The second-order valence-electron chi connectivity index (χ2n) is 3.38. The zero-order valence-corrected chi connectivity index (χ0v) is 11.3. The normalized spacial score (nSPS) is 10.1. The van der Waals surface area contributed by atoms with Gasteiger partial charge >= 0.3 is 5.97 Å². The number of carboxylic acids is 1. The summed E-state index contributed by atoms with van der Waals surface area (Å²) in [4.78, 5) is 14.8. The first kappa shape index (κ1) is 12.9. The summed E-state index contributed by atoms with van der Waals surface area (Å²) in [7, 11) is 0. The van der Waals surface area contributed by atoms with Gasteiger partial charge in [0, 0.05) is 10.5 Å². The van der Waals surface area contributed by atoms with Gasteiger partial charge < -0.3 is 9.84 Å². The molecule has 1 N–H and O–H groups in total. The highest BCUT2D eigenvalue weighted by Gasteiger charge is 2.09. The number of carboxylic acid groups (broad SMARTS) is 1. The molecular formula is C12H7BrClNO3. The summed E-state index contributed by atoms with van der Waals surface area (Å²) in [6.45, 7) is 0. The maximum absolute atomic E-state index is 10.9. The van der Waals surface area contributed by atoms with Gasteiger partial charge in [-0.2, -0.15) is 0 Å². The molecule has 1 heterocycles. The van der Waals surface area contributed by atoms with Crippen LogP contribution in [0.1, 0.15) is 10.4 Å². The van der Waals surface area contributed by atoms with Gasteiger partial charge in [0.05, 0.1) is 5.56 Å². The van der Waals surface area contributed by atoms with Crippen LogP contribution in [0.3, 0.4) is 0 Å². The van der Waals surface area contributed by atoms with Crippen LogP contribution in [0.25, 0.3) is 0 Å². The fourth-order valence-electron chi connectivity index (χ4n) is 1.27. The molecule has 6 heteroatoms. The second kappa shape index (κ2) is 5.37. The fraction of sp³-hybridized carbons (Fsp3) is 0. The van der Waals surface area contributed by atoms with Crippen molar-refractivity contribution in [3.05, 3.63) is 51.6 Å². The van der Waals surface area contributed by atoms with Crippen molar-refractivity contribution < 1.29 is 14.6 Å². The second-order valence-corrected chi connectivity index (χ2v) is 4.68. The third-order valence-corrected chi connectivity index (χ3v) is 2.78. The Morgan fingerprint density at radius 1 is 1.28 bits per heavy atom. The molecule has 18 heavy (non-hydrogen) atoms. The van der Waals surface area contributed by atoms with E-state index in [0.717, 1.165) is 4.47 Å². The Morgan fingerprint density at radius 3 is 2.56 bits per heavy atom. The average molecular weight is 329 g/mol. The molecule has 0 unspecified atom stereocenters. The quantitative estimate of drug-likeness (QED) is 0.866. The van der Waals surface area contributed by atoms with Gasteiger partial charge in [0.2, 0.25) is 5.88 Å². The fourth-order valence-corrected chi connectivity index (χ4v) is 1.74. The molecule has 0 spiro atoms. The molecule has 4 nitrogen and oxygen atoms in total. The molecule has 0 amide bonds. The minimum Gasteiger partial charge on any atom is -0.478 e. The van der Waals surface area contributed by atoms with Crippen molar-refractivity contribution in [3.8, 4) is 11.6 Å². The molecule has 0 saturated carbocycles. The first-order valence-electron chi connectivity index (χ1n) is 4.89. The van der Waals surface area contributed by atoms with Crippen molar-refractivity contribution in [2.24, 2.45) is 0 Å². The summed E-state index contributed by atoms with van der Waals surface area (Å²) >= 11 is 9.03. The molecule has 0 bridgehead atoms. The first-order valence-corrected chi connectivity index (χ1v) is 6.06. The van der Waals surface area contributed by atoms with E-state index in [1.165, 1.54) is 12.1 Å². The van der Waals surface area contributed by atoms with Crippen LogP contribution < -0.4 is 4.74 Å². The monoisotopic (exact) mass is 327 g/mol. The van der Waals surface area contributed by atoms with Crippen molar-refractivity contribution in [1.29, 1.82) is 0 Å². The Bertz CT molecular complexity index is 586. The smallest absolute Gasteiger partial charge is 0.335 e. The van der Waals surface area contributed by atoms with Crippen molar-refractivity contribution in [3.63, 3.8) is 0 Å². The van der Waals surface area contributed by atoms with Gasteiger partial charge in [0.25, 0.3) is 0 Å². The summed E-state index contributed by atoms with van der Waals surface area (Å²) in [5.41, 5.74) is 0.0297. The van der Waals surface area contributed by atoms with Gasteiger partial charge in [-0.25, -0.2) is 9.78 Å². The molecule has 0 aliphatic carbocycles. The topological polar surface area (TPSA) is 59.4 Å². The van der Waals surface area contributed by atoms with Crippen LogP contribution in [0.15, 0.2) is 40.9 Å².